The van der Waals surface area contributed by atoms with Gasteiger partial charge in [0.05, 0.1) is 36.4 Å². The summed E-state index contributed by atoms with van der Waals surface area (Å²) in [6.45, 7) is 4.14. The van der Waals surface area contributed by atoms with Crippen LogP contribution in [0.3, 0.4) is 0 Å². The van der Waals surface area contributed by atoms with Gasteiger partial charge in [0, 0.05) is 17.3 Å². The highest BCUT2D eigenvalue weighted by Crippen LogP contribution is 2.31. The summed E-state index contributed by atoms with van der Waals surface area (Å²) in [5, 5.41) is 15.6. The minimum absolute atomic E-state index is 0.227. The molecule has 144 valence electrons. The number of carbonyl (C=O) groups is 1. The zero-order valence-electron chi connectivity index (χ0n) is 15.9. The zero-order valence-corrected chi connectivity index (χ0v) is 15.9. The van der Waals surface area contributed by atoms with Crippen molar-refractivity contribution in [3.8, 4) is 17.0 Å². The van der Waals surface area contributed by atoms with Crippen molar-refractivity contribution in [3.05, 3.63) is 60.4 Å². The third-order valence-corrected chi connectivity index (χ3v) is 3.98. The van der Waals surface area contributed by atoms with E-state index in [1.54, 1.807) is 43.8 Å². The molecule has 1 heterocycles. The Kier molecular flexibility index (Phi) is 5.74. The second-order valence-electron chi connectivity index (χ2n) is 6.51. The van der Waals surface area contributed by atoms with Gasteiger partial charge in [-0.15, -0.1) is 0 Å². The molecule has 0 bridgehead atoms. The third-order valence-electron chi connectivity index (χ3n) is 3.98. The van der Waals surface area contributed by atoms with Crippen LogP contribution in [0.5, 0.6) is 5.75 Å². The quantitative estimate of drug-likeness (QED) is 0.560. The highest BCUT2D eigenvalue weighted by molar-refractivity contribution is 5.88. The molecule has 1 aromatic heterocycles. The van der Waals surface area contributed by atoms with Crippen LogP contribution >= 0.6 is 0 Å². The molecule has 0 aliphatic rings. The molecule has 7 nitrogen and oxygen atoms in total. The minimum atomic E-state index is -0.963. The second-order valence-corrected chi connectivity index (χ2v) is 6.51. The maximum absolute atomic E-state index is 11.0. The van der Waals surface area contributed by atoms with Crippen molar-refractivity contribution < 1.29 is 14.6 Å². The number of carboxylic acid groups (broad SMARTS) is 1. The lowest BCUT2D eigenvalue weighted by atomic mass is 10.1. The Morgan fingerprint density at radius 2 is 1.86 bits per heavy atom. The van der Waals surface area contributed by atoms with Gasteiger partial charge in [0.15, 0.2) is 0 Å². The topological polar surface area (TPSA) is 96.4 Å². The van der Waals surface area contributed by atoms with Gasteiger partial charge in [0.2, 0.25) is 0 Å². The number of methoxy groups -OCH3 is 1. The third kappa shape index (κ3) is 4.56. The van der Waals surface area contributed by atoms with Crippen molar-refractivity contribution in [2.75, 3.05) is 17.7 Å². The van der Waals surface area contributed by atoms with E-state index in [0.29, 0.717) is 23.3 Å². The van der Waals surface area contributed by atoms with Crippen molar-refractivity contribution in [2.45, 2.75) is 19.9 Å². The van der Waals surface area contributed by atoms with Crippen LogP contribution in [0.1, 0.15) is 24.2 Å². The predicted molar refractivity (Wildman–Crippen MR) is 109 cm³/mol. The molecule has 0 spiro atoms. The molecule has 3 rings (SSSR count). The van der Waals surface area contributed by atoms with E-state index in [1.807, 2.05) is 18.2 Å². The Labute approximate surface area is 163 Å². The standard InChI is InChI=1S/C21H22N4O3/c1-13(2)23-16-8-9-19(28-3)17(10-16)24-20-12-22-11-18(25-20)14-4-6-15(7-5-14)21(26)27/h4-13,23H,1-3H3,(H,24,25)(H,26,27). The molecule has 28 heavy (non-hydrogen) atoms. The molecule has 0 saturated heterocycles. The van der Waals surface area contributed by atoms with E-state index < -0.39 is 5.97 Å². The first kappa shape index (κ1) is 19.2. The highest BCUT2D eigenvalue weighted by atomic mass is 16.5. The van der Waals surface area contributed by atoms with Gasteiger partial charge in [-0.1, -0.05) is 12.1 Å². The number of carboxylic acids is 1. The smallest absolute Gasteiger partial charge is 0.335 e. The molecule has 0 amide bonds. The first-order valence-electron chi connectivity index (χ1n) is 8.83. The van der Waals surface area contributed by atoms with Gasteiger partial charge in [-0.3, -0.25) is 4.98 Å². The van der Waals surface area contributed by atoms with Crippen molar-refractivity contribution in [1.29, 1.82) is 0 Å². The fourth-order valence-corrected chi connectivity index (χ4v) is 2.72. The molecular weight excluding hydrogens is 356 g/mol. The average Bonchev–Trinajstić information content (AvgIpc) is 2.68. The number of nitrogens with zero attached hydrogens (tertiary/aromatic N) is 2. The van der Waals surface area contributed by atoms with Crippen molar-refractivity contribution in [3.63, 3.8) is 0 Å². The molecule has 0 aliphatic carbocycles. The number of aromatic carboxylic acids is 1. The van der Waals surface area contributed by atoms with Crippen molar-refractivity contribution in [2.24, 2.45) is 0 Å². The van der Waals surface area contributed by atoms with Gasteiger partial charge < -0.3 is 20.5 Å². The Bertz CT molecular complexity index is 972. The lowest BCUT2D eigenvalue weighted by Gasteiger charge is -2.15. The molecule has 3 aromatic rings. The second kappa shape index (κ2) is 8.39. The maximum atomic E-state index is 11.0. The molecular formula is C21H22N4O3. The maximum Gasteiger partial charge on any atom is 0.335 e. The largest absolute Gasteiger partial charge is 0.495 e. The van der Waals surface area contributed by atoms with Crippen LogP contribution in [0.2, 0.25) is 0 Å². The van der Waals surface area contributed by atoms with Gasteiger partial charge in [-0.05, 0) is 44.2 Å². The normalized spacial score (nSPS) is 10.6. The van der Waals surface area contributed by atoms with E-state index in [4.69, 9.17) is 9.84 Å². The molecule has 0 radical (unpaired) electrons. The van der Waals surface area contributed by atoms with Gasteiger partial charge in [0.25, 0.3) is 0 Å². The van der Waals surface area contributed by atoms with Crippen LogP contribution < -0.4 is 15.4 Å². The van der Waals surface area contributed by atoms with Crippen LogP contribution in [0.4, 0.5) is 17.2 Å². The SMILES string of the molecule is COc1ccc(NC(C)C)cc1Nc1cncc(-c2ccc(C(=O)O)cc2)n1. The fourth-order valence-electron chi connectivity index (χ4n) is 2.72. The zero-order chi connectivity index (χ0) is 20.1. The molecule has 0 fully saturated rings. The summed E-state index contributed by atoms with van der Waals surface area (Å²) < 4.78 is 5.43. The fraction of sp³-hybridized carbons (Fsp3) is 0.190. The van der Waals surface area contributed by atoms with E-state index in [2.05, 4.69) is 34.4 Å². The number of hydrogen-bond donors (Lipinski definition) is 3. The summed E-state index contributed by atoms with van der Waals surface area (Å²) >= 11 is 0. The monoisotopic (exact) mass is 378 g/mol. The summed E-state index contributed by atoms with van der Waals surface area (Å²) in [6, 6.07) is 12.6. The summed E-state index contributed by atoms with van der Waals surface area (Å²) in [6.07, 6.45) is 3.26. The molecule has 7 heteroatoms. The first-order valence-corrected chi connectivity index (χ1v) is 8.83. The number of hydrogen-bond acceptors (Lipinski definition) is 6. The Hall–Kier alpha value is -3.61. The van der Waals surface area contributed by atoms with Crippen LogP contribution in [-0.2, 0) is 0 Å². The van der Waals surface area contributed by atoms with Gasteiger partial charge in [-0.25, -0.2) is 9.78 Å². The van der Waals surface area contributed by atoms with E-state index in [0.717, 1.165) is 16.9 Å². The highest BCUT2D eigenvalue weighted by Gasteiger charge is 2.09. The van der Waals surface area contributed by atoms with E-state index >= 15 is 0 Å². The number of anilines is 3. The van der Waals surface area contributed by atoms with E-state index in [9.17, 15) is 4.79 Å². The van der Waals surface area contributed by atoms with Gasteiger partial charge in [0.1, 0.15) is 11.6 Å². The molecule has 0 aliphatic heterocycles. The van der Waals surface area contributed by atoms with Crippen molar-refractivity contribution in [1.82, 2.24) is 9.97 Å². The Morgan fingerprint density at radius 1 is 1.11 bits per heavy atom. The molecule has 0 atom stereocenters. The van der Waals surface area contributed by atoms with E-state index in [1.165, 1.54) is 0 Å². The molecule has 0 unspecified atom stereocenters. The number of aromatic nitrogens is 2. The van der Waals surface area contributed by atoms with Crippen LogP contribution in [-0.4, -0.2) is 34.2 Å². The Balaban J connectivity index is 1.87. The van der Waals surface area contributed by atoms with Gasteiger partial charge in [-0.2, -0.15) is 0 Å². The summed E-state index contributed by atoms with van der Waals surface area (Å²) in [7, 11) is 1.61. The van der Waals surface area contributed by atoms with Gasteiger partial charge >= 0.3 is 5.97 Å². The summed E-state index contributed by atoms with van der Waals surface area (Å²) in [4.78, 5) is 19.8. The van der Waals surface area contributed by atoms with Crippen LogP contribution in [0.15, 0.2) is 54.9 Å². The number of ether oxygens (including phenoxy) is 1. The first-order chi connectivity index (χ1) is 13.5. The molecule has 0 saturated carbocycles. The molecule has 2 aromatic carbocycles. The lowest BCUT2D eigenvalue weighted by Crippen LogP contribution is -2.10. The van der Waals surface area contributed by atoms with E-state index in [-0.39, 0.29) is 5.56 Å². The summed E-state index contributed by atoms with van der Waals surface area (Å²) in [5.74, 6) is 0.280. The average molecular weight is 378 g/mol. The number of nitrogens with one attached hydrogen (secondary N) is 2. The number of benzene rings is 2. The number of rotatable bonds is 7. The predicted octanol–water partition coefficient (Wildman–Crippen LogP) is 4.41. The minimum Gasteiger partial charge on any atom is -0.495 e. The van der Waals surface area contributed by atoms with Crippen molar-refractivity contribution >= 4 is 23.2 Å². The molecule has 3 N–H and O–H groups in total. The lowest BCUT2D eigenvalue weighted by molar-refractivity contribution is 0.0697. The Morgan fingerprint density at radius 3 is 2.50 bits per heavy atom. The summed E-state index contributed by atoms with van der Waals surface area (Å²) in [5.41, 5.74) is 3.37. The van der Waals surface area contributed by atoms with Crippen LogP contribution in [0, 0.1) is 0 Å². The van der Waals surface area contributed by atoms with Crippen LogP contribution in [0.25, 0.3) is 11.3 Å².